The van der Waals surface area contributed by atoms with Gasteiger partial charge in [0.15, 0.2) is 5.82 Å². The standard InChI is InChI=1S/C18H15Cl2N5O/c1-11-17-12(10-25(23-17)15-9-21-6-7-22-15)5-8-24(11)18(26)13-3-2-4-14(19)16(13)20/h2-4,6-7,9-11H,5,8H2,1H3. The Morgan fingerprint density at radius 2 is 2.12 bits per heavy atom. The molecule has 4 rings (SSSR count). The van der Waals surface area contributed by atoms with Crippen LogP contribution in [0.1, 0.15) is 34.6 Å². The van der Waals surface area contributed by atoms with Crippen LogP contribution in [0.25, 0.3) is 5.82 Å². The van der Waals surface area contributed by atoms with Crippen molar-refractivity contribution in [3.8, 4) is 5.82 Å². The summed E-state index contributed by atoms with van der Waals surface area (Å²) in [5.74, 6) is 0.495. The van der Waals surface area contributed by atoms with Gasteiger partial charge in [-0.25, -0.2) is 9.67 Å². The highest BCUT2D eigenvalue weighted by molar-refractivity contribution is 6.43. The molecule has 1 amide bonds. The predicted octanol–water partition coefficient (Wildman–Crippen LogP) is 3.73. The second-order valence-electron chi connectivity index (χ2n) is 6.07. The van der Waals surface area contributed by atoms with Gasteiger partial charge in [0.25, 0.3) is 5.91 Å². The number of carbonyl (C=O) groups excluding carboxylic acids is 1. The van der Waals surface area contributed by atoms with E-state index in [9.17, 15) is 4.79 Å². The summed E-state index contributed by atoms with van der Waals surface area (Å²) in [6, 6.07) is 4.90. The van der Waals surface area contributed by atoms with Crippen molar-refractivity contribution in [2.45, 2.75) is 19.4 Å². The van der Waals surface area contributed by atoms with E-state index in [1.807, 2.05) is 13.1 Å². The molecular formula is C18H15Cl2N5O. The summed E-state index contributed by atoms with van der Waals surface area (Å²) >= 11 is 12.3. The van der Waals surface area contributed by atoms with E-state index in [2.05, 4.69) is 15.1 Å². The highest BCUT2D eigenvalue weighted by Crippen LogP contribution is 2.33. The highest BCUT2D eigenvalue weighted by Gasteiger charge is 2.32. The summed E-state index contributed by atoms with van der Waals surface area (Å²) < 4.78 is 1.70. The number of carbonyl (C=O) groups is 1. The number of rotatable bonds is 2. The Balaban J connectivity index is 1.66. The molecule has 1 atom stereocenters. The second-order valence-corrected chi connectivity index (χ2v) is 6.86. The van der Waals surface area contributed by atoms with E-state index < -0.39 is 0 Å². The maximum Gasteiger partial charge on any atom is 0.255 e. The number of benzene rings is 1. The molecule has 3 heterocycles. The van der Waals surface area contributed by atoms with Crippen molar-refractivity contribution >= 4 is 29.1 Å². The Morgan fingerprint density at radius 3 is 2.88 bits per heavy atom. The van der Waals surface area contributed by atoms with E-state index in [0.717, 1.165) is 11.3 Å². The van der Waals surface area contributed by atoms with Crippen LogP contribution in [-0.2, 0) is 6.42 Å². The first-order valence-corrected chi connectivity index (χ1v) is 8.91. The van der Waals surface area contributed by atoms with E-state index in [1.165, 1.54) is 0 Å². The van der Waals surface area contributed by atoms with Crippen molar-refractivity contribution in [1.82, 2.24) is 24.6 Å². The van der Waals surface area contributed by atoms with Gasteiger partial charge in [-0.05, 0) is 31.0 Å². The molecule has 1 aliphatic heterocycles. The Labute approximate surface area is 160 Å². The van der Waals surface area contributed by atoms with Crippen LogP contribution in [0.4, 0.5) is 0 Å². The maximum absolute atomic E-state index is 13.0. The van der Waals surface area contributed by atoms with Crippen LogP contribution < -0.4 is 0 Å². The Kier molecular flexibility index (Phi) is 4.38. The molecule has 1 aromatic carbocycles. The van der Waals surface area contributed by atoms with Crippen LogP contribution in [0.2, 0.25) is 10.0 Å². The third-order valence-corrected chi connectivity index (χ3v) is 5.35. The summed E-state index contributed by atoms with van der Waals surface area (Å²) in [6.07, 6.45) is 7.55. The van der Waals surface area contributed by atoms with Gasteiger partial charge in [-0.2, -0.15) is 5.10 Å². The number of fused-ring (bicyclic) bond motifs is 1. The molecule has 0 saturated carbocycles. The van der Waals surface area contributed by atoms with E-state index in [1.54, 1.807) is 46.4 Å². The molecular weight excluding hydrogens is 373 g/mol. The SMILES string of the molecule is CC1c2nn(-c3cnccn3)cc2CCN1C(=O)c1cccc(Cl)c1Cl. The van der Waals surface area contributed by atoms with Crippen molar-refractivity contribution in [1.29, 1.82) is 0 Å². The van der Waals surface area contributed by atoms with Crippen LogP contribution >= 0.6 is 23.2 Å². The van der Waals surface area contributed by atoms with Gasteiger partial charge >= 0.3 is 0 Å². The highest BCUT2D eigenvalue weighted by atomic mass is 35.5. The van der Waals surface area contributed by atoms with Gasteiger partial charge < -0.3 is 4.90 Å². The molecule has 1 aliphatic rings. The van der Waals surface area contributed by atoms with E-state index in [4.69, 9.17) is 23.2 Å². The first-order chi connectivity index (χ1) is 12.6. The lowest BCUT2D eigenvalue weighted by Gasteiger charge is -2.32. The predicted molar refractivity (Wildman–Crippen MR) is 98.8 cm³/mol. The normalized spacial score (nSPS) is 16.4. The fraction of sp³-hybridized carbons (Fsp3) is 0.222. The van der Waals surface area contributed by atoms with Crippen molar-refractivity contribution < 1.29 is 4.79 Å². The minimum atomic E-state index is -0.181. The number of amides is 1. The average molecular weight is 388 g/mol. The zero-order valence-electron chi connectivity index (χ0n) is 13.9. The van der Waals surface area contributed by atoms with Gasteiger partial charge in [-0.3, -0.25) is 9.78 Å². The molecule has 6 nitrogen and oxygen atoms in total. The van der Waals surface area contributed by atoms with Gasteiger partial charge in [0.1, 0.15) is 0 Å². The molecule has 26 heavy (non-hydrogen) atoms. The van der Waals surface area contributed by atoms with Gasteiger partial charge in [0, 0.05) is 25.1 Å². The largest absolute Gasteiger partial charge is 0.330 e. The molecule has 0 aliphatic carbocycles. The van der Waals surface area contributed by atoms with Gasteiger partial charge in [-0.15, -0.1) is 0 Å². The fourth-order valence-corrected chi connectivity index (χ4v) is 3.56. The Bertz CT molecular complexity index is 973. The summed E-state index contributed by atoms with van der Waals surface area (Å²) in [4.78, 5) is 23.1. The second kappa shape index (κ2) is 6.70. The topological polar surface area (TPSA) is 63.9 Å². The first-order valence-electron chi connectivity index (χ1n) is 8.16. The molecule has 0 saturated heterocycles. The van der Waals surface area contributed by atoms with Crippen LogP contribution in [0.5, 0.6) is 0 Å². The van der Waals surface area contributed by atoms with Crippen molar-refractivity contribution in [2.24, 2.45) is 0 Å². The van der Waals surface area contributed by atoms with Gasteiger partial charge in [0.05, 0.1) is 33.5 Å². The molecule has 0 N–H and O–H groups in total. The van der Waals surface area contributed by atoms with Crippen LogP contribution in [-0.4, -0.2) is 37.1 Å². The van der Waals surface area contributed by atoms with Crippen molar-refractivity contribution in [2.75, 3.05) is 6.54 Å². The fourth-order valence-electron chi connectivity index (χ4n) is 3.18. The number of hydrogen-bond acceptors (Lipinski definition) is 4. The number of hydrogen-bond donors (Lipinski definition) is 0. The zero-order chi connectivity index (χ0) is 18.3. The Hall–Kier alpha value is -2.44. The molecule has 0 spiro atoms. The lowest BCUT2D eigenvalue weighted by atomic mass is 10.00. The quantitative estimate of drug-likeness (QED) is 0.671. The van der Waals surface area contributed by atoms with E-state index >= 15 is 0 Å². The number of halogens is 2. The summed E-state index contributed by atoms with van der Waals surface area (Å²) in [5, 5.41) is 5.28. The molecule has 0 fully saturated rings. The van der Waals surface area contributed by atoms with E-state index in [-0.39, 0.29) is 17.0 Å². The minimum absolute atomic E-state index is 0.148. The Morgan fingerprint density at radius 1 is 1.27 bits per heavy atom. The van der Waals surface area contributed by atoms with Crippen LogP contribution in [0.3, 0.4) is 0 Å². The van der Waals surface area contributed by atoms with Crippen molar-refractivity contribution in [3.05, 3.63) is 69.9 Å². The third-order valence-electron chi connectivity index (χ3n) is 4.54. The van der Waals surface area contributed by atoms with Crippen LogP contribution in [0.15, 0.2) is 43.0 Å². The van der Waals surface area contributed by atoms with Gasteiger partial charge in [0.2, 0.25) is 0 Å². The average Bonchev–Trinajstić information content (AvgIpc) is 3.10. The lowest BCUT2D eigenvalue weighted by Crippen LogP contribution is -2.38. The first kappa shape index (κ1) is 17.0. The summed E-state index contributed by atoms with van der Waals surface area (Å²) in [7, 11) is 0. The summed E-state index contributed by atoms with van der Waals surface area (Å²) in [5.41, 5.74) is 2.36. The molecule has 132 valence electrons. The summed E-state index contributed by atoms with van der Waals surface area (Å²) in [6.45, 7) is 2.55. The van der Waals surface area contributed by atoms with Crippen molar-refractivity contribution in [3.63, 3.8) is 0 Å². The van der Waals surface area contributed by atoms with E-state index in [0.29, 0.717) is 29.4 Å². The smallest absolute Gasteiger partial charge is 0.255 e. The molecule has 2 aromatic heterocycles. The third kappa shape index (κ3) is 2.85. The molecule has 1 unspecified atom stereocenters. The number of nitrogens with zero attached hydrogens (tertiary/aromatic N) is 5. The zero-order valence-corrected chi connectivity index (χ0v) is 15.4. The van der Waals surface area contributed by atoms with Gasteiger partial charge in [-0.1, -0.05) is 29.3 Å². The molecule has 8 heteroatoms. The maximum atomic E-state index is 13.0. The monoisotopic (exact) mass is 387 g/mol. The van der Waals surface area contributed by atoms with Crippen LogP contribution in [0, 0.1) is 0 Å². The molecule has 0 bridgehead atoms. The minimum Gasteiger partial charge on any atom is -0.330 e. The number of aromatic nitrogens is 4. The molecule has 3 aromatic rings. The molecule has 0 radical (unpaired) electrons. The lowest BCUT2D eigenvalue weighted by molar-refractivity contribution is 0.0674.